The van der Waals surface area contributed by atoms with Crippen molar-refractivity contribution in [1.29, 1.82) is 0 Å². The molecule has 0 spiro atoms. The second-order valence-corrected chi connectivity index (χ2v) is 7.07. The Kier molecular flexibility index (Phi) is 4.88. The van der Waals surface area contributed by atoms with Crippen molar-refractivity contribution in [1.82, 2.24) is 19.5 Å². The zero-order chi connectivity index (χ0) is 21.5. The molecule has 2 aromatic heterocycles. The van der Waals surface area contributed by atoms with E-state index in [-0.39, 0.29) is 22.9 Å². The van der Waals surface area contributed by atoms with Crippen molar-refractivity contribution < 1.29 is 22.9 Å². The fourth-order valence-corrected chi connectivity index (χ4v) is 3.68. The fourth-order valence-electron chi connectivity index (χ4n) is 3.68. The fraction of sp³-hybridized carbons (Fsp3) is 0.316. The zero-order valence-corrected chi connectivity index (χ0v) is 15.5. The van der Waals surface area contributed by atoms with Crippen LogP contribution in [-0.4, -0.2) is 43.4 Å². The number of aromatic nitrogens is 3. The van der Waals surface area contributed by atoms with Gasteiger partial charge in [0.25, 0.3) is 11.6 Å². The molecule has 0 bridgehead atoms. The third-order valence-electron chi connectivity index (χ3n) is 5.15. The van der Waals surface area contributed by atoms with Crippen molar-refractivity contribution in [3.8, 4) is 0 Å². The molecule has 1 aromatic carbocycles. The number of amides is 1. The molecule has 0 N–H and O–H groups in total. The van der Waals surface area contributed by atoms with Crippen LogP contribution in [0.2, 0.25) is 0 Å². The maximum Gasteiger partial charge on any atom is 0.433 e. The Morgan fingerprint density at radius 3 is 2.60 bits per heavy atom. The summed E-state index contributed by atoms with van der Waals surface area (Å²) in [5.74, 6) is -0.496. The monoisotopic (exact) mass is 419 g/mol. The van der Waals surface area contributed by atoms with Gasteiger partial charge in [-0.15, -0.1) is 0 Å². The van der Waals surface area contributed by atoms with Crippen LogP contribution in [0.1, 0.15) is 40.5 Å². The van der Waals surface area contributed by atoms with Crippen LogP contribution >= 0.6 is 0 Å². The van der Waals surface area contributed by atoms with Crippen molar-refractivity contribution in [2.75, 3.05) is 13.1 Å². The average molecular weight is 419 g/mol. The van der Waals surface area contributed by atoms with E-state index in [2.05, 4.69) is 10.1 Å². The Bertz CT molecular complexity index is 1110. The van der Waals surface area contributed by atoms with Crippen LogP contribution in [0, 0.1) is 10.1 Å². The van der Waals surface area contributed by atoms with Crippen molar-refractivity contribution in [3.05, 3.63) is 69.7 Å². The van der Waals surface area contributed by atoms with E-state index in [1.54, 1.807) is 17.0 Å². The van der Waals surface area contributed by atoms with E-state index in [1.165, 1.54) is 18.2 Å². The van der Waals surface area contributed by atoms with E-state index in [1.807, 2.05) is 0 Å². The molecule has 3 aromatic rings. The van der Waals surface area contributed by atoms with Crippen LogP contribution in [0.4, 0.5) is 18.9 Å². The summed E-state index contributed by atoms with van der Waals surface area (Å²) < 4.78 is 40.2. The molecule has 0 saturated carbocycles. The van der Waals surface area contributed by atoms with Gasteiger partial charge < -0.3 is 4.90 Å². The first-order valence-electron chi connectivity index (χ1n) is 9.19. The summed E-state index contributed by atoms with van der Waals surface area (Å²) in [6.07, 6.45) is -2.10. The number of rotatable bonds is 3. The number of carbonyl (C=O) groups excluding carboxylic acids is 1. The second kappa shape index (κ2) is 7.39. The van der Waals surface area contributed by atoms with Gasteiger partial charge in [0.2, 0.25) is 0 Å². The smallest absolute Gasteiger partial charge is 0.337 e. The maximum atomic E-state index is 13.2. The molecular formula is C19H16F3N5O3. The Labute approximate surface area is 168 Å². The molecule has 8 nitrogen and oxygen atoms in total. The van der Waals surface area contributed by atoms with Gasteiger partial charge in [-0.2, -0.15) is 18.3 Å². The number of non-ortho nitro benzene ring substituents is 1. The number of nitro benzene ring substituents is 1. The number of benzene rings is 1. The van der Waals surface area contributed by atoms with E-state index in [0.717, 1.165) is 24.2 Å². The lowest BCUT2D eigenvalue weighted by atomic mass is 9.90. The minimum atomic E-state index is -4.63. The molecule has 1 aliphatic heterocycles. The molecule has 156 valence electrons. The van der Waals surface area contributed by atoms with Gasteiger partial charge in [0.15, 0.2) is 11.3 Å². The summed E-state index contributed by atoms with van der Waals surface area (Å²) in [5, 5.41) is 14.7. The number of piperidine rings is 1. The van der Waals surface area contributed by atoms with E-state index in [4.69, 9.17) is 0 Å². The highest BCUT2D eigenvalue weighted by Crippen LogP contribution is 2.31. The zero-order valence-electron chi connectivity index (χ0n) is 15.5. The van der Waals surface area contributed by atoms with Crippen LogP contribution in [0.5, 0.6) is 0 Å². The molecule has 1 amide bonds. The van der Waals surface area contributed by atoms with E-state index in [0.29, 0.717) is 24.0 Å². The highest BCUT2D eigenvalue weighted by Gasteiger charge is 2.35. The molecule has 1 unspecified atom stereocenters. The molecule has 1 aliphatic rings. The van der Waals surface area contributed by atoms with Crippen LogP contribution in [0.25, 0.3) is 5.65 Å². The van der Waals surface area contributed by atoms with Gasteiger partial charge in [0, 0.05) is 43.4 Å². The molecule has 1 fully saturated rings. The number of nitrogens with zero attached hydrogens (tertiary/aromatic N) is 5. The first-order valence-corrected chi connectivity index (χ1v) is 9.19. The third kappa shape index (κ3) is 3.70. The first kappa shape index (κ1) is 19.8. The molecule has 11 heteroatoms. The molecule has 0 aliphatic carbocycles. The SMILES string of the molecule is O=C(c1cc2nccc(C(F)(F)F)n2n1)N1CCCC(c2ccc([N+](=O)[O-])cc2)C1. The Morgan fingerprint density at radius 2 is 1.93 bits per heavy atom. The summed E-state index contributed by atoms with van der Waals surface area (Å²) in [6, 6.07) is 8.22. The summed E-state index contributed by atoms with van der Waals surface area (Å²) in [5.41, 5.74) is -0.316. The number of fused-ring (bicyclic) bond motifs is 1. The van der Waals surface area contributed by atoms with E-state index >= 15 is 0 Å². The highest BCUT2D eigenvalue weighted by atomic mass is 19.4. The predicted octanol–water partition coefficient (Wildman–Crippen LogP) is 3.68. The minimum Gasteiger partial charge on any atom is -0.337 e. The molecule has 0 radical (unpaired) electrons. The van der Waals surface area contributed by atoms with Crippen molar-refractivity contribution in [2.24, 2.45) is 0 Å². The van der Waals surface area contributed by atoms with Crippen molar-refractivity contribution in [2.45, 2.75) is 24.9 Å². The van der Waals surface area contributed by atoms with Crippen molar-refractivity contribution in [3.63, 3.8) is 0 Å². The number of nitro groups is 1. The van der Waals surface area contributed by atoms with Gasteiger partial charge >= 0.3 is 6.18 Å². The standard InChI is InChI=1S/C19H16F3N5O3/c20-19(21,22)16-7-8-23-17-10-15(24-26(16)17)18(28)25-9-1-2-13(11-25)12-3-5-14(6-4-12)27(29)30/h3-8,10,13H,1-2,9,11H2. The summed E-state index contributed by atoms with van der Waals surface area (Å²) in [4.78, 5) is 28.6. The normalized spacial score (nSPS) is 17.3. The molecule has 1 saturated heterocycles. The average Bonchev–Trinajstić information content (AvgIpc) is 3.17. The number of carbonyl (C=O) groups is 1. The Hall–Kier alpha value is -3.50. The number of hydrogen-bond donors (Lipinski definition) is 0. The molecular weight excluding hydrogens is 403 g/mol. The van der Waals surface area contributed by atoms with Crippen molar-refractivity contribution >= 4 is 17.2 Å². The summed E-state index contributed by atoms with van der Waals surface area (Å²) in [7, 11) is 0. The number of likely N-dealkylation sites (tertiary alicyclic amines) is 1. The van der Waals surface area contributed by atoms with Crippen LogP contribution in [0.15, 0.2) is 42.6 Å². The van der Waals surface area contributed by atoms with E-state index < -0.39 is 22.7 Å². The van der Waals surface area contributed by atoms with E-state index in [9.17, 15) is 28.1 Å². The lowest BCUT2D eigenvalue weighted by Gasteiger charge is -2.32. The number of halogens is 3. The molecule has 1 atom stereocenters. The Balaban J connectivity index is 1.57. The maximum absolute atomic E-state index is 13.2. The Morgan fingerprint density at radius 1 is 1.20 bits per heavy atom. The van der Waals surface area contributed by atoms with Gasteiger partial charge in [0.05, 0.1) is 4.92 Å². The van der Waals surface area contributed by atoms with Gasteiger partial charge in [-0.25, -0.2) is 9.50 Å². The quantitative estimate of drug-likeness (QED) is 0.477. The molecule has 3 heterocycles. The number of alkyl halides is 3. The largest absolute Gasteiger partial charge is 0.433 e. The first-order chi connectivity index (χ1) is 14.2. The number of hydrogen-bond acceptors (Lipinski definition) is 5. The van der Waals surface area contributed by atoms with Gasteiger partial charge in [0.1, 0.15) is 5.69 Å². The van der Waals surface area contributed by atoms with Gasteiger partial charge in [-0.1, -0.05) is 12.1 Å². The van der Waals surface area contributed by atoms with Crippen LogP contribution in [-0.2, 0) is 6.18 Å². The second-order valence-electron chi connectivity index (χ2n) is 7.07. The molecule has 4 rings (SSSR count). The van der Waals surface area contributed by atoms with Crippen LogP contribution < -0.4 is 0 Å². The van der Waals surface area contributed by atoms with Gasteiger partial charge in [-0.3, -0.25) is 14.9 Å². The topological polar surface area (TPSA) is 93.6 Å². The lowest BCUT2D eigenvalue weighted by molar-refractivity contribution is -0.384. The minimum absolute atomic E-state index is 0.0137. The summed E-state index contributed by atoms with van der Waals surface area (Å²) >= 11 is 0. The van der Waals surface area contributed by atoms with Gasteiger partial charge in [-0.05, 0) is 24.5 Å². The highest BCUT2D eigenvalue weighted by molar-refractivity contribution is 5.93. The molecule has 30 heavy (non-hydrogen) atoms. The van der Waals surface area contributed by atoms with Crippen LogP contribution in [0.3, 0.4) is 0 Å². The lowest BCUT2D eigenvalue weighted by Crippen LogP contribution is -2.39. The third-order valence-corrected chi connectivity index (χ3v) is 5.15. The summed E-state index contributed by atoms with van der Waals surface area (Å²) in [6.45, 7) is 0.805. The predicted molar refractivity (Wildman–Crippen MR) is 99.0 cm³/mol.